The third-order valence-electron chi connectivity index (χ3n) is 4.10. The highest BCUT2D eigenvalue weighted by Crippen LogP contribution is 2.32. The normalized spacial score (nSPS) is 24.8. The Bertz CT molecular complexity index is 705. The maximum Gasteiger partial charge on any atom is 0.224 e. The van der Waals surface area contributed by atoms with Crippen LogP contribution in [0.3, 0.4) is 0 Å². The van der Waals surface area contributed by atoms with Gasteiger partial charge in [-0.25, -0.2) is 4.98 Å². The lowest BCUT2D eigenvalue weighted by Crippen LogP contribution is -2.10. The summed E-state index contributed by atoms with van der Waals surface area (Å²) in [5.74, 6) is 1.18. The first kappa shape index (κ1) is 12.6. The molecule has 0 aromatic carbocycles. The zero-order valence-electron chi connectivity index (χ0n) is 11.6. The fraction of sp³-hybridized carbons (Fsp3) is 0.500. The van der Waals surface area contributed by atoms with Crippen LogP contribution in [0.2, 0.25) is 0 Å². The van der Waals surface area contributed by atoms with Crippen LogP contribution in [0.5, 0.6) is 0 Å². The zero-order chi connectivity index (χ0) is 14.4. The van der Waals surface area contributed by atoms with Crippen molar-refractivity contribution in [2.75, 3.05) is 17.7 Å². The second-order valence-corrected chi connectivity index (χ2v) is 5.80. The minimum absolute atomic E-state index is 0.162. The second kappa shape index (κ2) is 4.70. The van der Waals surface area contributed by atoms with Crippen molar-refractivity contribution >= 4 is 22.9 Å². The van der Waals surface area contributed by atoms with Gasteiger partial charge in [0.2, 0.25) is 5.95 Å². The van der Waals surface area contributed by atoms with Gasteiger partial charge in [0.15, 0.2) is 17.0 Å². The number of nitrogens with zero attached hydrogens (tertiary/aromatic N) is 4. The predicted octanol–water partition coefficient (Wildman–Crippen LogP) is 1.09. The topological polar surface area (TPSA) is 102 Å². The quantitative estimate of drug-likeness (QED) is 0.727. The summed E-state index contributed by atoms with van der Waals surface area (Å²) in [6.45, 7) is 0.172. The van der Waals surface area contributed by atoms with Crippen LogP contribution in [-0.2, 0) is 0 Å². The number of rotatable bonds is 4. The first-order chi connectivity index (χ1) is 10.2. The van der Waals surface area contributed by atoms with E-state index in [4.69, 9.17) is 5.73 Å². The molecule has 0 saturated heterocycles. The van der Waals surface area contributed by atoms with E-state index < -0.39 is 0 Å². The largest absolute Gasteiger partial charge is 0.396 e. The lowest BCUT2D eigenvalue weighted by atomic mass is 10.1. The van der Waals surface area contributed by atoms with Crippen molar-refractivity contribution in [2.24, 2.45) is 5.92 Å². The summed E-state index contributed by atoms with van der Waals surface area (Å²) in [6, 6.07) is 0.646. The van der Waals surface area contributed by atoms with Crippen molar-refractivity contribution in [3.05, 3.63) is 18.5 Å². The maximum atomic E-state index is 9.26. The molecule has 2 aliphatic carbocycles. The van der Waals surface area contributed by atoms with Crippen LogP contribution in [0.4, 0.5) is 11.8 Å². The van der Waals surface area contributed by atoms with E-state index in [1.807, 2.05) is 10.6 Å². The van der Waals surface area contributed by atoms with Gasteiger partial charge in [-0.05, 0) is 19.3 Å². The average Bonchev–Trinajstić information content (AvgIpc) is 3.01. The number of aromatic nitrogens is 4. The third-order valence-corrected chi connectivity index (χ3v) is 4.10. The number of hydrogen-bond donors (Lipinski definition) is 3. The van der Waals surface area contributed by atoms with Crippen molar-refractivity contribution in [3.8, 4) is 0 Å². The van der Waals surface area contributed by atoms with Gasteiger partial charge in [0.25, 0.3) is 0 Å². The number of nitrogen functional groups attached to an aromatic ring is 1. The van der Waals surface area contributed by atoms with Crippen molar-refractivity contribution < 1.29 is 5.11 Å². The summed E-state index contributed by atoms with van der Waals surface area (Å²) in [6.07, 6.45) is 9.10. The Labute approximate surface area is 121 Å². The highest BCUT2D eigenvalue weighted by Gasteiger charge is 2.26. The van der Waals surface area contributed by atoms with Crippen LogP contribution in [0.15, 0.2) is 18.5 Å². The molecule has 110 valence electrons. The van der Waals surface area contributed by atoms with E-state index in [0.29, 0.717) is 6.04 Å². The van der Waals surface area contributed by atoms with Gasteiger partial charge < -0.3 is 20.7 Å². The molecule has 1 saturated carbocycles. The first-order valence-electron chi connectivity index (χ1n) is 7.30. The standard InChI is InChI=1S/C14H18N6O/c15-14-18-12(17-9-2-3-9)11-13(19-14)20(7-16-11)10-4-1-8(5-10)6-21/h1,4,7-10,21H,2-3,5-6H2,(H3,15,17,18,19)/t8?,10-/m0/s1. The van der Waals surface area contributed by atoms with Crippen LogP contribution in [0.1, 0.15) is 25.3 Å². The van der Waals surface area contributed by atoms with Gasteiger partial charge in [0.05, 0.1) is 12.4 Å². The molecule has 4 rings (SSSR count). The number of aliphatic hydroxyl groups is 1. The van der Waals surface area contributed by atoms with Crippen LogP contribution in [0, 0.1) is 5.92 Å². The fourth-order valence-electron chi connectivity index (χ4n) is 2.79. The number of aliphatic hydroxyl groups excluding tert-OH is 1. The van der Waals surface area contributed by atoms with Gasteiger partial charge in [-0.15, -0.1) is 0 Å². The Morgan fingerprint density at radius 2 is 2.19 bits per heavy atom. The summed E-state index contributed by atoms with van der Waals surface area (Å²) in [4.78, 5) is 13.1. The molecule has 7 heteroatoms. The zero-order valence-corrected chi connectivity index (χ0v) is 11.6. The molecule has 2 aromatic heterocycles. The van der Waals surface area contributed by atoms with Gasteiger partial charge in [0, 0.05) is 18.6 Å². The molecular weight excluding hydrogens is 268 g/mol. The molecule has 1 fully saturated rings. The number of hydrogen-bond acceptors (Lipinski definition) is 6. The number of anilines is 2. The monoisotopic (exact) mass is 286 g/mol. The third kappa shape index (κ3) is 2.23. The van der Waals surface area contributed by atoms with Gasteiger partial charge in [-0.1, -0.05) is 12.2 Å². The molecule has 0 spiro atoms. The van der Waals surface area contributed by atoms with Crippen LogP contribution < -0.4 is 11.1 Å². The second-order valence-electron chi connectivity index (χ2n) is 5.80. The number of imidazole rings is 1. The van der Waals surface area contributed by atoms with E-state index in [9.17, 15) is 5.11 Å². The van der Waals surface area contributed by atoms with E-state index in [1.165, 1.54) is 0 Å². The van der Waals surface area contributed by atoms with Crippen LogP contribution >= 0.6 is 0 Å². The maximum absolute atomic E-state index is 9.26. The summed E-state index contributed by atoms with van der Waals surface area (Å²) >= 11 is 0. The number of allylic oxidation sites excluding steroid dienone is 1. The highest BCUT2D eigenvalue weighted by atomic mass is 16.3. The minimum Gasteiger partial charge on any atom is -0.396 e. The molecule has 0 amide bonds. The average molecular weight is 286 g/mol. The van der Waals surface area contributed by atoms with E-state index in [1.54, 1.807) is 6.33 Å². The van der Waals surface area contributed by atoms with Crippen molar-refractivity contribution in [3.63, 3.8) is 0 Å². The van der Waals surface area contributed by atoms with E-state index in [2.05, 4.69) is 26.3 Å². The van der Waals surface area contributed by atoms with Crippen LogP contribution in [0.25, 0.3) is 11.2 Å². The lowest BCUT2D eigenvalue weighted by molar-refractivity contribution is 0.244. The molecule has 21 heavy (non-hydrogen) atoms. The molecule has 2 aromatic rings. The number of nitrogens with two attached hydrogens (primary N) is 1. The molecule has 0 radical (unpaired) electrons. The Morgan fingerprint density at radius 3 is 2.90 bits per heavy atom. The number of fused-ring (bicyclic) bond motifs is 1. The Morgan fingerprint density at radius 1 is 1.33 bits per heavy atom. The van der Waals surface area contributed by atoms with E-state index in [-0.39, 0.29) is 24.5 Å². The van der Waals surface area contributed by atoms with Crippen molar-refractivity contribution in [2.45, 2.75) is 31.3 Å². The van der Waals surface area contributed by atoms with E-state index in [0.717, 1.165) is 36.2 Å². The van der Waals surface area contributed by atoms with Gasteiger partial charge in [-0.3, -0.25) is 0 Å². The van der Waals surface area contributed by atoms with Crippen molar-refractivity contribution in [1.82, 2.24) is 19.5 Å². The molecule has 2 aliphatic rings. The molecule has 1 unspecified atom stereocenters. The molecule has 0 bridgehead atoms. The Balaban J connectivity index is 1.73. The molecule has 2 atom stereocenters. The van der Waals surface area contributed by atoms with Crippen molar-refractivity contribution in [1.29, 1.82) is 0 Å². The summed E-state index contributed by atoms with van der Waals surface area (Å²) < 4.78 is 2.01. The number of nitrogens with one attached hydrogen (secondary N) is 1. The van der Waals surface area contributed by atoms with E-state index >= 15 is 0 Å². The first-order valence-corrected chi connectivity index (χ1v) is 7.30. The van der Waals surface area contributed by atoms with Gasteiger partial charge in [-0.2, -0.15) is 9.97 Å². The lowest BCUT2D eigenvalue weighted by Gasteiger charge is -2.13. The molecule has 0 aliphatic heterocycles. The summed E-state index contributed by atoms with van der Waals surface area (Å²) in [5.41, 5.74) is 7.35. The summed E-state index contributed by atoms with van der Waals surface area (Å²) in [7, 11) is 0. The molecule has 2 heterocycles. The minimum atomic E-state index is 0.162. The van der Waals surface area contributed by atoms with Gasteiger partial charge >= 0.3 is 0 Å². The Hall–Kier alpha value is -2.15. The smallest absolute Gasteiger partial charge is 0.224 e. The van der Waals surface area contributed by atoms with Crippen LogP contribution in [-0.4, -0.2) is 37.3 Å². The summed E-state index contributed by atoms with van der Waals surface area (Å²) in [5, 5.41) is 12.6. The molecule has 7 nitrogen and oxygen atoms in total. The Kier molecular flexibility index (Phi) is 2.81. The SMILES string of the molecule is Nc1nc(NC2CC2)c2ncn([C@H]3C=CC(CO)C3)c2n1. The molecule has 4 N–H and O–H groups in total. The predicted molar refractivity (Wildman–Crippen MR) is 79.7 cm³/mol. The van der Waals surface area contributed by atoms with Gasteiger partial charge in [0.1, 0.15) is 0 Å². The fourth-order valence-corrected chi connectivity index (χ4v) is 2.79. The highest BCUT2D eigenvalue weighted by molar-refractivity contribution is 5.84. The molecular formula is C14H18N6O.